The van der Waals surface area contributed by atoms with E-state index in [1.54, 1.807) is 4.90 Å². The zero-order chi connectivity index (χ0) is 18.1. The number of carbonyl (C=O) groups excluding carboxylic acids is 1. The molecule has 2 fully saturated rings. The van der Waals surface area contributed by atoms with Gasteiger partial charge in [0.1, 0.15) is 0 Å². The van der Waals surface area contributed by atoms with E-state index in [1.807, 2.05) is 6.92 Å². The number of ether oxygens (including phenoxy) is 1. The van der Waals surface area contributed by atoms with Crippen LogP contribution < -0.4 is 11.1 Å². The average Bonchev–Trinajstić information content (AvgIpc) is 2.63. The van der Waals surface area contributed by atoms with Crippen LogP contribution in [0.4, 0.5) is 4.79 Å². The van der Waals surface area contributed by atoms with E-state index in [0.717, 1.165) is 25.8 Å². The average molecular weight is 354 g/mol. The molecule has 1 atom stereocenters. The molecule has 0 aromatic rings. The third-order valence-electron chi connectivity index (χ3n) is 5.22. The van der Waals surface area contributed by atoms with Crippen molar-refractivity contribution in [3.63, 3.8) is 0 Å². The fraction of sp³-hybridized carbons (Fsp3) is 0.889. The van der Waals surface area contributed by atoms with E-state index in [1.165, 1.54) is 32.4 Å². The van der Waals surface area contributed by atoms with Gasteiger partial charge in [-0.25, -0.2) is 4.79 Å². The van der Waals surface area contributed by atoms with Crippen molar-refractivity contribution >= 4 is 12.1 Å². The number of nitrogens with two attached hydrogens (primary N) is 1. The van der Waals surface area contributed by atoms with Crippen LogP contribution >= 0.6 is 0 Å². The number of aliphatic imine (C=N–C) groups is 1. The summed E-state index contributed by atoms with van der Waals surface area (Å²) in [7, 11) is 0. The molecule has 2 saturated heterocycles. The van der Waals surface area contributed by atoms with E-state index >= 15 is 0 Å². The lowest BCUT2D eigenvalue weighted by atomic mass is 10.1. The largest absolute Gasteiger partial charge is 0.450 e. The molecule has 25 heavy (non-hydrogen) atoms. The van der Waals surface area contributed by atoms with Gasteiger partial charge in [0.05, 0.1) is 6.61 Å². The number of hydrogen-bond donors (Lipinski definition) is 2. The number of rotatable bonds is 6. The van der Waals surface area contributed by atoms with E-state index in [-0.39, 0.29) is 12.1 Å². The maximum Gasteiger partial charge on any atom is 0.409 e. The van der Waals surface area contributed by atoms with Crippen molar-refractivity contribution < 1.29 is 9.53 Å². The molecule has 1 amide bonds. The Morgan fingerprint density at radius 2 is 1.92 bits per heavy atom. The monoisotopic (exact) mass is 353 g/mol. The van der Waals surface area contributed by atoms with Gasteiger partial charge in [-0.05, 0) is 59.0 Å². The predicted octanol–water partition coefficient (Wildman–Crippen LogP) is 1.78. The summed E-state index contributed by atoms with van der Waals surface area (Å²) < 4.78 is 5.04. The Bertz CT molecular complexity index is 429. The highest BCUT2D eigenvalue weighted by molar-refractivity contribution is 5.78. The first-order valence-electron chi connectivity index (χ1n) is 9.82. The maximum atomic E-state index is 11.7. The van der Waals surface area contributed by atoms with Gasteiger partial charge in [0, 0.05) is 31.7 Å². The van der Waals surface area contributed by atoms with Crippen molar-refractivity contribution in [1.82, 2.24) is 15.1 Å². The van der Waals surface area contributed by atoms with Gasteiger partial charge in [0.15, 0.2) is 5.96 Å². The quantitative estimate of drug-likeness (QED) is 0.562. The first-order valence-corrected chi connectivity index (χ1v) is 9.82. The van der Waals surface area contributed by atoms with Crippen molar-refractivity contribution in [2.24, 2.45) is 10.7 Å². The molecule has 0 radical (unpaired) electrons. The first kappa shape index (κ1) is 19.8. The molecule has 1 unspecified atom stereocenters. The van der Waals surface area contributed by atoms with Crippen molar-refractivity contribution in [3.05, 3.63) is 0 Å². The van der Waals surface area contributed by atoms with E-state index in [2.05, 4.69) is 22.1 Å². The molecular weight excluding hydrogens is 318 g/mol. The van der Waals surface area contributed by atoms with Crippen molar-refractivity contribution in [3.8, 4) is 0 Å². The van der Waals surface area contributed by atoms with E-state index in [4.69, 9.17) is 10.5 Å². The number of likely N-dealkylation sites (tertiary alicyclic amines) is 2. The zero-order valence-electron chi connectivity index (χ0n) is 15.9. The lowest BCUT2D eigenvalue weighted by molar-refractivity contribution is 0.0963. The van der Waals surface area contributed by atoms with Crippen LogP contribution in [0, 0.1) is 0 Å². The molecule has 3 N–H and O–H groups in total. The molecule has 0 saturated carbocycles. The molecule has 0 aromatic carbocycles. The number of guanidine groups is 1. The molecule has 2 heterocycles. The minimum Gasteiger partial charge on any atom is -0.450 e. The Hall–Kier alpha value is -1.50. The summed E-state index contributed by atoms with van der Waals surface area (Å²) in [5.41, 5.74) is 6.03. The van der Waals surface area contributed by atoms with Crippen LogP contribution in [0.5, 0.6) is 0 Å². The molecule has 0 aliphatic carbocycles. The summed E-state index contributed by atoms with van der Waals surface area (Å²) >= 11 is 0. The van der Waals surface area contributed by atoms with Gasteiger partial charge >= 0.3 is 6.09 Å². The molecule has 0 spiro atoms. The van der Waals surface area contributed by atoms with Crippen LogP contribution in [0.3, 0.4) is 0 Å². The van der Waals surface area contributed by atoms with Gasteiger partial charge in [0.25, 0.3) is 0 Å². The third kappa shape index (κ3) is 6.72. The second kappa shape index (κ2) is 10.5. The standard InChI is InChI=1S/C18H35N5O2/c1-3-25-18(24)23-13-8-16(9-14-23)21-17(19)20-10-7-15(2)22-11-5-4-6-12-22/h15-16H,3-14H2,1-2H3,(H3,19,20,21). The van der Waals surface area contributed by atoms with Gasteiger partial charge in [-0.3, -0.25) is 4.99 Å². The molecule has 2 rings (SSSR count). The van der Waals surface area contributed by atoms with Crippen LogP contribution in [0.15, 0.2) is 4.99 Å². The molecule has 2 aliphatic heterocycles. The molecular formula is C18H35N5O2. The molecule has 7 heteroatoms. The summed E-state index contributed by atoms with van der Waals surface area (Å²) in [5, 5.41) is 3.30. The summed E-state index contributed by atoms with van der Waals surface area (Å²) in [6.45, 7) is 9.15. The fourth-order valence-corrected chi connectivity index (χ4v) is 3.59. The lowest BCUT2D eigenvalue weighted by Crippen LogP contribution is -2.48. The summed E-state index contributed by atoms with van der Waals surface area (Å²) in [6.07, 6.45) is 6.59. The number of carbonyl (C=O) groups is 1. The molecule has 0 aromatic heterocycles. The predicted molar refractivity (Wildman–Crippen MR) is 101 cm³/mol. The van der Waals surface area contributed by atoms with Crippen molar-refractivity contribution in [1.29, 1.82) is 0 Å². The smallest absolute Gasteiger partial charge is 0.409 e. The van der Waals surface area contributed by atoms with Gasteiger partial charge in [-0.15, -0.1) is 0 Å². The number of nitrogens with zero attached hydrogens (tertiary/aromatic N) is 3. The van der Waals surface area contributed by atoms with Gasteiger partial charge in [0.2, 0.25) is 0 Å². The molecule has 2 aliphatic rings. The second-order valence-electron chi connectivity index (χ2n) is 7.11. The summed E-state index contributed by atoms with van der Waals surface area (Å²) in [6, 6.07) is 0.860. The maximum absolute atomic E-state index is 11.7. The molecule has 144 valence electrons. The van der Waals surface area contributed by atoms with Gasteiger partial charge < -0.3 is 25.6 Å². The Kier molecular flexibility index (Phi) is 8.31. The second-order valence-corrected chi connectivity index (χ2v) is 7.11. The Morgan fingerprint density at radius 1 is 1.24 bits per heavy atom. The highest BCUT2D eigenvalue weighted by Gasteiger charge is 2.23. The van der Waals surface area contributed by atoms with Crippen LogP contribution in [-0.2, 0) is 4.74 Å². The van der Waals surface area contributed by atoms with Crippen LogP contribution in [0.2, 0.25) is 0 Å². The summed E-state index contributed by atoms with van der Waals surface area (Å²) in [4.78, 5) is 20.5. The van der Waals surface area contributed by atoms with E-state index in [0.29, 0.717) is 31.7 Å². The number of amides is 1. The Morgan fingerprint density at radius 3 is 2.56 bits per heavy atom. The highest BCUT2D eigenvalue weighted by Crippen LogP contribution is 2.14. The normalized spacial score (nSPS) is 21.8. The van der Waals surface area contributed by atoms with Gasteiger partial charge in [-0.2, -0.15) is 0 Å². The third-order valence-corrected chi connectivity index (χ3v) is 5.22. The summed E-state index contributed by atoms with van der Waals surface area (Å²) in [5.74, 6) is 0.528. The first-order chi connectivity index (χ1) is 12.1. The topological polar surface area (TPSA) is 83.2 Å². The Balaban J connectivity index is 1.63. The zero-order valence-corrected chi connectivity index (χ0v) is 15.9. The minimum atomic E-state index is -0.214. The Labute approximate surface area is 152 Å². The lowest BCUT2D eigenvalue weighted by Gasteiger charge is -2.32. The van der Waals surface area contributed by atoms with Crippen molar-refractivity contribution in [2.75, 3.05) is 39.3 Å². The highest BCUT2D eigenvalue weighted by atomic mass is 16.6. The fourth-order valence-electron chi connectivity index (χ4n) is 3.59. The molecule has 0 bridgehead atoms. The van der Waals surface area contributed by atoms with Crippen LogP contribution in [0.25, 0.3) is 0 Å². The van der Waals surface area contributed by atoms with Crippen molar-refractivity contribution in [2.45, 2.75) is 64.5 Å². The van der Waals surface area contributed by atoms with E-state index in [9.17, 15) is 4.79 Å². The number of nitrogens with one attached hydrogen (secondary N) is 1. The van der Waals surface area contributed by atoms with E-state index < -0.39 is 0 Å². The van der Waals surface area contributed by atoms with Crippen LogP contribution in [-0.4, -0.2) is 73.3 Å². The van der Waals surface area contributed by atoms with Gasteiger partial charge in [-0.1, -0.05) is 6.42 Å². The number of piperidine rings is 2. The minimum absolute atomic E-state index is 0.214. The molecule has 7 nitrogen and oxygen atoms in total. The SMILES string of the molecule is CCOC(=O)N1CCC(NC(N)=NCCC(C)N2CCCCC2)CC1. The van der Waals surface area contributed by atoms with Crippen LogP contribution in [0.1, 0.15) is 52.4 Å². The number of hydrogen-bond acceptors (Lipinski definition) is 4.